The largest absolute Gasteiger partial charge is 0.469 e. The van der Waals surface area contributed by atoms with Gasteiger partial charge in [0, 0.05) is 12.5 Å². The number of ether oxygens (including phenoxy) is 1. The third-order valence-electron chi connectivity index (χ3n) is 4.50. The van der Waals surface area contributed by atoms with Gasteiger partial charge in [0.05, 0.1) is 12.0 Å². The Morgan fingerprint density at radius 3 is 2.29 bits per heavy atom. The van der Waals surface area contributed by atoms with E-state index in [4.69, 9.17) is 0 Å². The van der Waals surface area contributed by atoms with E-state index >= 15 is 0 Å². The minimum atomic E-state index is -3.71. The molecule has 0 aliphatic rings. The van der Waals surface area contributed by atoms with Crippen LogP contribution in [-0.2, 0) is 19.6 Å². The van der Waals surface area contributed by atoms with Crippen LogP contribution in [0.1, 0.15) is 49.3 Å². The number of unbranched alkanes of at least 4 members (excludes halogenated alkanes) is 2. The molecule has 7 heteroatoms. The van der Waals surface area contributed by atoms with Gasteiger partial charge >= 0.3 is 5.97 Å². The van der Waals surface area contributed by atoms with Gasteiger partial charge in [-0.2, -0.15) is 0 Å². The van der Waals surface area contributed by atoms with Crippen molar-refractivity contribution in [2.45, 2.75) is 50.0 Å². The minimum Gasteiger partial charge on any atom is -0.469 e. The van der Waals surface area contributed by atoms with E-state index in [1.165, 1.54) is 19.2 Å². The highest BCUT2D eigenvalue weighted by atomic mass is 32.2. The summed E-state index contributed by atoms with van der Waals surface area (Å²) < 4.78 is 46.1. The van der Waals surface area contributed by atoms with Crippen molar-refractivity contribution in [2.24, 2.45) is 0 Å². The summed E-state index contributed by atoms with van der Waals surface area (Å²) >= 11 is 0. The maximum atomic E-state index is 13.3. The summed E-state index contributed by atoms with van der Waals surface area (Å²) in [7, 11) is -2.36. The lowest BCUT2D eigenvalue weighted by atomic mass is 10.0. The van der Waals surface area contributed by atoms with Crippen LogP contribution in [-0.4, -0.2) is 21.5 Å². The zero-order valence-electron chi connectivity index (χ0n) is 16.2. The van der Waals surface area contributed by atoms with E-state index < -0.39 is 16.1 Å². The van der Waals surface area contributed by atoms with Crippen LogP contribution in [0.25, 0.3) is 0 Å². The Morgan fingerprint density at radius 1 is 1.04 bits per heavy atom. The fraction of sp³-hybridized carbons (Fsp3) is 0.381. The number of hydrogen-bond donors (Lipinski definition) is 1. The van der Waals surface area contributed by atoms with Gasteiger partial charge in [0.15, 0.2) is 0 Å². The first kappa shape index (κ1) is 22.0. The average Bonchev–Trinajstić information content (AvgIpc) is 2.67. The van der Waals surface area contributed by atoms with Crippen LogP contribution in [0.3, 0.4) is 0 Å². The summed E-state index contributed by atoms with van der Waals surface area (Å²) in [6.07, 6.45) is 3.03. The molecule has 0 aliphatic carbocycles. The molecule has 0 spiro atoms. The zero-order chi connectivity index (χ0) is 20.6. The van der Waals surface area contributed by atoms with E-state index in [1.54, 1.807) is 36.4 Å². The summed E-state index contributed by atoms with van der Waals surface area (Å²) in [5, 5.41) is 0. The van der Waals surface area contributed by atoms with Gasteiger partial charge < -0.3 is 4.74 Å². The summed E-state index contributed by atoms with van der Waals surface area (Å²) in [5.74, 6) is -0.628. The number of sulfonamides is 1. The fourth-order valence-electron chi connectivity index (χ4n) is 2.86. The van der Waals surface area contributed by atoms with Gasteiger partial charge in [-0.1, -0.05) is 42.7 Å². The van der Waals surface area contributed by atoms with E-state index in [0.29, 0.717) is 24.8 Å². The van der Waals surface area contributed by atoms with Crippen molar-refractivity contribution in [1.82, 2.24) is 4.72 Å². The molecule has 0 saturated heterocycles. The summed E-state index contributed by atoms with van der Waals surface area (Å²) in [6.45, 7) is 1.89. The molecule has 1 unspecified atom stereocenters. The zero-order valence-corrected chi connectivity index (χ0v) is 17.0. The van der Waals surface area contributed by atoms with Crippen LogP contribution in [0.15, 0.2) is 53.4 Å². The number of hydrogen-bond acceptors (Lipinski definition) is 4. The summed E-state index contributed by atoms with van der Waals surface area (Å²) in [6, 6.07) is 12.0. The van der Waals surface area contributed by atoms with Crippen LogP contribution < -0.4 is 4.72 Å². The Labute approximate surface area is 166 Å². The second kappa shape index (κ2) is 10.3. The molecule has 1 N–H and O–H groups in total. The number of carbonyl (C=O) groups is 1. The third-order valence-corrected chi connectivity index (χ3v) is 5.99. The first-order valence-corrected chi connectivity index (χ1v) is 10.7. The van der Waals surface area contributed by atoms with Crippen LogP contribution in [0, 0.1) is 12.7 Å². The molecule has 0 bridgehead atoms. The van der Waals surface area contributed by atoms with Crippen molar-refractivity contribution >= 4 is 16.0 Å². The molecule has 0 aromatic heterocycles. The van der Waals surface area contributed by atoms with Gasteiger partial charge in [-0.3, -0.25) is 4.79 Å². The second-order valence-corrected chi connectivity index (χ2v) is 8.43. The molecule has 0 aliphatic heterocycles. The number of carbonyl (C=O) groups excluding carboxylic acids is 1. The minimum absolute atomic E-state index is 0.191. The molecule has 1 atom stereocenters. The average molecular weight is 408 g/mol. The molecule has 28 heavy (non-hydrogen) atoms. The van der Waals surface area contributed by atoms with Crippen LogP contribution >= 0.6 is 0 Å². The molecule has 0 fully saturated rings. The maximum Gasteiger partial charge on any atom is 0.305 e. The molecule has 2 aromatic rings. The van der Waals surface area contributed by atoms with Crippen molar-refractivity contribution < 1.29 is 22.3 Å². The monoisotopic (exact) mass is 407 g/mol. The summed E-state index contributed by atoms with van der Waals surface area (Å²) in [4.78, 5) is 11.4. The van der Waals surface area contributed by atoms with Gasteiger partial charge in [0.2, 0.25) is 10.0 Å². The molecule has 0 radical (unpaired) electrons. The normalized spacial score (nSPS) is 12.5. The standard InChI is InChI=1S/C21H26FNO4S/c1-16-8-14-19(15-9-16)28(25,26)23-20(17-10-12-18(22)13-11-17)6-4-3-5-7-21(24)27-2/h8-15,20,23H,3-7H2,1-2H3. The number of methoxy groups -OCH3 is 1. The van der Waals surface area contributed by atoms with E-state index in [0.717, 1.165) is 18.4 Å². The Kier molecular flexibility index (Phi) is 8.14. The topological polar surface area (TPSA) is 72.5 Å². The molecule has 0 amide bonds. The summed E-state index contributed by atoms with van der Waals surface area (Å²) in [5.41, 5.74) is 1.67. The van der Waals surface area contributed by atoms with Gasteiger partial charge in [-0.25, -0.2) is 17.5 Å². The van der Waals surface area contributed by atoms with E-state index in [9.17, 15) is 17.6 Å². The molecule has 152 valence electrons. The lowest BCUT2D eigenvalue weighted by molar-refractivity contribution is -0.140. The molecule has 0 saturated carbocycles. The second-order valence-electron chi connectivity index (χ2n) is 6.71. The van der Waals surface area contributed by atoms with Crippen molar-refractivity contribution in [3.63, 3.8) is 0 Å². The SMILES string of the molecule is COC(=O)CCCCCC(NS(=O)(=O)c1ccc(C)cc1)c1ccc(F)cc1. The van der Waals surface area contributed by atoms with E-state index in [1.807, 2.05) is 6.92 Å². The molecular formula is C21H26FNO4S. The lowest BCUT2D eigenvalue weighted by Gasteiger charge is -2.19. The van der Waals surface area contributed by atoms with Gasteiger partial charge in [-0.05, 0) is 49.6 Å². The van der Waals surface area contributed by atoms with Crippen molar-refractivity contribution in [3.8, 4) is 0 Å². The van der Waals surface area contributed by atoms with Crippen molar-refractivity contribution in [2.75, 3.05) is 7.11 Å². The maximum absolute atomic E-state index is 13.3. The predicted molar refractivity (Wildman–Crippen MR) is 106 cm³/mol. The number of rotatable bonds is 10. The third kappa shape index (κ3) is 6.73. The quantitative estimate of drug-likeness (QED) is 0.471. The smallest absolute Gasteiger partial charge is 0.305 e. The fourth-order valence-corrected chi connectivity index (χ4v) is 4.12. The highest BCUT2D eigenvalue weighted by Gasteiger charge is 2.21. The number of benzene rings is 2. The van der Waals surface area contributed by atoms with Gasteiger partial charge in [0.1, 0.15) is 5.82 Å². The lowest BCUT2D eigenvalue weighted by Crippen LogP contribution is -2.28. The molecular weight excluding hydrogens is 381 g/mol. The van der Waals surface area contributed by atoms with Crippen LogP contribution in [0.4, 0.5) is 4.39 Å². The van der Waals surface area contributed by atoms with Crippen LogP contribution in [0.5, 0.6) is 0 Å². The van der Waals surface area contributed by atoms with Gasteiger partial charge in [-0.15, -0.1) is 0 Å². The Morgan fingerprint density at radius 2 is 1.68 bits per heavy atom. The number of esters is 1. The van der Waals surface area contributed by atoms with Gasteiger partial charge in [0.25, 0.3) is 0 Å². The first-order valence-electron chi connectivity index (χ1n) is 9.23. The number of nitrogens with one attached hydrogen (secondary N) is 1. The number of halogens is 1. The van der Waals surface area contributed by atoms with Crippen LogP contribution in [0.2, 0.25) is 0 Å². The molecule has 2 aromatic carbocycles. The Balaban J connectivity index is 2.08. The molecule has 2 rings (SSSR count). The highest BCUT2D eigenvalue weighted by Crippen LogP contribution is 2.24. The number of aryl methyl sites for hydroxylation is 1. The Bertz CT molecular complexity index is 864. The predicted octanol–water partition coefficient (Wildman–Crippen LogP) is 4.28. The molecule has 5 nitrogen and oxygen atoms in total. The van der Waals surface area contributed by atoms with Crippen molar-refractivity contribution in [1.29, 1.82) is 0 Å². The van der Waals surface area contributed by atoms with Crippen molar-refractivity contribution in [3.05, 3.63) is 65.5 Å². The molecule has 0 heterocycles. The van der Waals surface area contributed by atoms with E-state index in [2.05, 4.69) is 9.46 Å². The van der Waals surface area contributed by atoms with E-state index in [-0.39, 0.29) is 16.7 Å². The first-order chi connectivity index (χ1) is 13.3. The Hall–Kier alpha value is -2.25. The highest BCUT2D eigenvalue weighted by molar-refractivity contribution is 7.89.